The predicted molar refractivity (Wildman–Crippen MR) is 97.7 cm³/mol. The topological polar surface area (TPSA) is 95.0 Å². The number of aliphatic carboxylic acids is 1. The van der Waals surface area contributed by atoms with Crippen molar-refractivity contribution in [2.24, 2.45) is 5.92 Å². The van der Waals surface area contributed by atoms with Gasteiger partial charge in [-0.3, -0.25) is 9.59 Å². The minimum Gasteiger partial charge on any atom is -0.480 e. The van der Waals surface area contributed by atoms with Crippen molar-refractivity contribution in [1.82, 2.24) is 9.21 Å². The van der Waals surface area contributed by atoms with Gasteiger partial charge in [0.2, 0.25) is 10.0 Å². The standard InChI is InChI=1S/C18H26N2O5S/c1-12-5-7-20(8-6-12)26(24,25)16-10-15(9-13(2)14(16)3)18(23)19(4)11-17(21)22/h9-10,12H,5-8,11H2,1-4H3,(H,21,22). The number of amides is 1. The van der Waals surface area contributed by atoms with Crippen LogP contribution in [0.2, 0.25) is 0 Å². The highest BCUT2D eigenvalue weighted by atomic mass is 32.2. The maximum atomic E-state index is 13.1. The Bertz CT molecular complexity index is 811. The number of benzene rings is 1. The number of likely N-dealkylation sites (N-methyl/N-ethyl adjacent to an activating group) is 1. The summed E-state index contributed by atoms with van der Waals surface area (Å²) in [5.74, 6) is -1.14. The Morgan fingerprint density at radius 2 is 1.81 bits per heavy atom. The van der Waals surface area contributed by atoms with Gasteiger partial charge in [-0.05, 0) is 55.9 Å². The number of carboxylic acids is 1. The van der Waals surface area contributed by atoms with Crippen molar-refractivity contribution in [2.45, 2.75) is 38.5 Å². The number of carbonyl (C=O) groups is 2. The molecule has 1 heterocycles. The minimum absolute atomic E-state index is 0.124. The SMILES string of the molecule is Cc1cc(C(=O)N(C)CC(=O)O)cc(S(=O)(=O)N2CCC(C)CC2)c1C. The molecular formula is C18H26N2O5S. The minimum atomic E-state index is -3.70. The van der Waals surface area contributed by atoms with E-state index in [2.05, 4.69) is 6.92 Å². The van der Waals surface area contributed by atoms with Crippen LogP contribution in [0, 0.1) is 19.8 Å². The van der Waals surface area contributed by atoms with Gasteiger partial charge in [-0.1, -0.05) is 6.92 Å². The fourth-order valence-corrected chi connectivity index (χ4v) is 4.87. The van der Waals surface area contributed by atoms with Gasteiger partial charge in [0.05, 0.1) is 4.90 Å². The van der Waals surface area contributed by atoms with E-state index in [0.717, 1.165) is 17.7 Å². The number of hydrogen-bond donors (Lipinski definition) is 1. The lowest BCUT2D eigenvalue weighted by Gasteiger charge is -2.30. The molecule has 1 fully saturated rings. The Morgan fingerprint density at radius 1 is 1.23 bits per heavy atom. The second kappa shape index (κ2) is 7.75. The molecule has 1 N–H and O–H groups in total. The first kappa shape index (κ1) is 20.4. The van der Waals surface area contributed by atoms with Crippen LogP contribution in [-0.2, 0) is 14.8 Å². The van der Waals surface area contributed by atoms with Gasteiger partial charge in [0.25, 0.3) is 5.91 Å². The monoisotopic (exact) mass is 382 g/mol. The van der Waals surface area contributed by atoms with Crippen molar-refractivity contribution in [3.05, 3.63) is 28.8 Å². The van der Waals surface area contributed by atoms with Crippen LogP contribution in [0.4, 0.5) is 0 Å². The fraction of sp³-hybridized carbons (Fsp3) is 0.556. The Kier molecular flexibility index (Phi) is 6.08. The van der Waals surface area contributed by atoms with Gasteiger partial charge in [-0.25, -0.2) is 8.42 Å². The molecule has 0 saturated carbocycles. The zero-order valence-corrected chi connectivity index (χ0v) is 16.5. The highest BCUT2D eigenvalue weighted by Gasteiger charge is 2.30. The third-order valence-corrected chi connectivity index (χ3v) is 6.97. The molecule has 2 rings (SSSR count). The number of piperidine rings is 1. The molecule has 0 atom stereocenters. The molecule has 1 amide bonds. The molecule has 0 radical (unpaired) electrons. The summed E-state index contributed by atoms with van der Waals surface area (Å²) in [6, 6.07) is 2.98. The molecule has 0 aromatic heterocycles. The zero-order chi connectivity index (χ0) is 19.6. The summed E-state index contributed by atoms with van der Waals surface area (Å²) in [5.41, 5.74) is 1.48. The third kappa shape index (κ3) is 4.24. The number of nitrogens with zero attached hydrogens (tertiary/aromatic N) is 2. The van der Waals surface area contributed by atoms with E-state index in [0.29, 0.717) is 30.1 Å². The zero-order valence-electron chi connectivity index (χ0n) is 15.7. The van der Waals surface area contributed by atoms with E-state index < -0.39 is 28.4 Å². The summed E-state index contributed by atoms with van der Waals surface area (Å²) >= 11 is 0. The molecule has 7 nitrogen and oxygen atoms in total. The summed E-state index contributed by atoms with van der Waals surface area (Å²) in [7, 11) is -2.32. The molecule has 1 aliphatic heterocycles. The van der Waals surface area contributed by atoms with Crippen LogP contribution in [-0.4, -0.2) is 61.3 Å². The van der Waals surface area contributed by atoms with Crippen molar-refractivity contribution >= 4 is 21.9 Å². The molecule has 1 aromatic rings. The highest BCUT2D eigenvalue weighted by Crippen LogP contribution is 2.28. The first-order valence-electron chi connectivity index (χ1n) is 8.62. The van der Waals surface area contributed by atoms with E-state index in [-0.39, 0.29) is 10.5 Å². The quantitative estimate of drug-likeness (QED) is 0.839. The summed E-state index contributed by atoms with van der Waals surface area (Å²) in [6.45, 7) is 6.08. The van der Waals surface area contributed by atoms with Crippen molar-refractivity contribution in [1.29, 1.82) is 0 Å². The molecule has 0 spiro atoms. The highest BCUT2D eigenvalue weighted by molar-refractivity contribution is 7.89. The van der Waals surface area contributed by atoms with E-state index in [9.17, 15) is 18.0 Å². The van der Waals surface area contributed by atoms with Gasteiger partial charge in [-0.15, -0.1) is 0 Å². The van der Waals surface area contributed by atoms with Crippen LogP contribution < -0.4 is 0 Å². The molecule has 144 valence electrons. The summed E-state index contributed by atoms with van der Waals surface area (Å²) in [5, 5.41) is 8.86. The molecule has 1 saturated heterocycles. The van der Waals surface area contributed by atoms with Gasteiger partial charge >= 0.3 is 5.97 Å². The van der Waals surface area contributed by atoms with Gasteiger partial charge in [0, 0.05) is 25.7 Å². The Morgan fingerprint density at radius 3 is 2.35 bits per heavy atom. The van der Waals surface area contributed by atoms with Gasteiger partial charge in [0.15, 0.2) is 0 Å². The van der Waals surface area contributed by atoms with Crippen molar-refractivity contribution < 1.29 is 23.1 Å². The lowest BCUT2D eigenvalue weighted by molar-refractivity contribution is -0.137. The van der Waals surface area contributed by atoms with Crippen molar-refractivity contribution in [2.75, 3.05) is 26.7 Å². The van der Waals surface area contributed by atoms with Crippen LogP contribution in [0.5, 0.6) is 0 Å². The largest absolute Gasteiger partial charge is 0.480 e. The number of aryl methyl sites for hydroxylation is 1. The van der Waals surface area contributed by atoms with Gasteiger partial charge < -0.3 is 10.0 Å². The van der Waals surface area contributed by atoms with Crippen LogP contribution in [0.3, 0.4) is 0 Å². The smallest absolute Gasteiger partial charge is 0.323 e. The second-order valence-electron chi connectivity index (χ2n) is 7.06. The number of sulfonamides is 1. The molecule has 26 heavy (non-hydrogen) atoms. The van der Waals surface area contributed by atoms with E-state index in [1.165, 1.54) is 17.4 Å². The number of rotatable bonds is 5. The Hall–Kier alpha value is -1.93. The maximum absolute atomic E-state index is 13.1. The van der Waals surface area contributed by atoms with E-state index >= 15 is 0 Å². The normalized spacial score (nSPS) is 16.5. The molecule has 1 aliphatic rings. The Balaban J connectivity index is 2.41. The first-order chi connectivity index (χ1) is 12.0. The molecule has 0 bridgehead atoms. The van der Waals surface area contributed by atoms with Crippen LogP contribution >= 0.6 is 0 Å². The fourth-order valence-electron chi connectivity index (χ4n) is 3.08. The first-order valence-corrected chi connectivity index (χ1v) is 10.1. The maximum Gasteiger partial charge on any atom is 0.323 e. The predicted octanol–water partition coefficient (Wildman–Crippen LogP) is 1.88. The number of hydrogen-bond acceptors (Lipinski definition) is 4. The van der Waals surface area contributed by atoms with Crippen LogP contribution in [0.1, 0.15) is 41.3 Å². The molecule has 0 unspecified atom stereocenters. The summed E-state index contributed by atoms with van der Waals surface area (Å²) < 4.78 is 27.7. The average Bonchev–Trinajstić information content (AvgIpc) is 2.56. The van der Waals surface area contributed by atoms with E-state index in [4.69, 9.17) is 5.11 Å². The number of carboxylic acid groups (broad SMARTS) is 1. The van der Waals surface area contributed by atoms with E-state index in [1.807, 2.05) is 0 Å². The average molecular weight is 382 g/mol. The van der Waals surface area contributed by atoms with Crippen molar-refractivity contribution in [3.8, 4) is 0 Å². The molecule has 1 aromatic carbocycles. The second-order valence-corrected chi connectivity index (χ2v) is 8.96. The van der Waals surface area contributed by atoms with Crippen LogP contribution in [0.25, 0.3) is 0 Å². The Labute approximate surface area is 154 Å². The lowest BCUT2D eigenvalue weighted by Crippen LogP contribution is -2.38. The van der Waals surface area contributed by atoms with Gasteiger partial charge in [-0.2, -0.15) is 4.31 Å². The van der Waals surface area contributed by atoms with Crippen LogP contribution in [0.15, 0.2) is 17.0 Å². The molecular weight excluding hydrogens is 356 g/mol. The lowest BCUT2D eigenvalue weighted by atomic mass is 10.0. The molecule has 8 heteroatoms. The van der Waals surface area contributed by atoms with E-state index in [1.54, 1.807) is 19.9 Å². The molecule has 0 aliphatic carbocycles. The third-order valence-electron chi connectivity index (χ3n) is 4.95. The van der Waals surface area contributed by atoms with Crippen molar-refractivity contribution in [3.63, 3.8) is 0 Å². The number of carbonyl (C=O) groups excluding carboxylic acids is 1. The van der Waals surface area contributed by atoms with Gasteiger partial charge in [0.1, 0.15) is 6.54 Å². The summed E-state index contributed by atoms with van der Waals surface area (Å²) in [4.78, 5) is 24.5. The summed E-state index contributed by atoms with van der Waals surface area (Å²) in [6.07, 6.45) is 1.63.